The zero-order valence-electron chi connectivity index (χ0n) is 15.9. The molecule has 8 nitrogen and oxygen atoms in total. The van der Waals surface area contributed by atoms with E-state index in [9.17, 15) is 9.59 Å². The van der Waals surface area contributed by atoms with Gasteiger partial charge in [-0.3, -0.25) is 9.59 Å². The van der Waals surface area contributed by atoms with Gasteiger partial charge >= 0.3 is 0 Å². The summed E-state index contributed by atoms with van der Waals surface area (Å²) >= 11 is 0. The highest BCUT2D eigenvalue weighted by molar-refractivity contribution is 5.75. The molecule has 1 aromatic carbocycles. The normalized spacial score (nSPS) is 10.9. The Hall–Kier alpha value is -3.81. The number of carbonyl (C=O) groups excluding carboxylic acids is 1. The Kier molecular flexibility index (Phi) is 5.15. The van der Waals surface area contributed by atoms with Crippen LogP contribution in [-0.4, -0.2) is 26.7 Å². The zero-order valence-corrected chi connectivity index (χ0v) is 15.9. The molecule has 1 N–H and O–H groups in total. The van der Waals surface area contributed by atoms with Crippen molar-refractivity contribution in [1.29, 1.82) is 0 Å². The van der Waals surface area contributed by atoms with Crippen molar-refractivity contribution in [2.75, 3.05) is 6.61 Å². The summed E-state index contributed by atoms with van der Waals surface area (Å²) in [7, 11) is 0. The second-order valence-corrected chi connectivity index (χ2v) is 6.40. The minimum atomic E-state index is -0.287. The van der Waals surface area contributed by atoms with Gasteiger partial charge in [-0.05, 0) is 49.4 Å². The molecule has 0 aliphatic heterocycles. The maximum absolute atomic E-state index is 12.8. The van der Waals surface area contributed by atoms with Crippen molar-refractivity contribution in [1.82, 2.24) is 19.5 Å². The van der Waals surface area contributed by atoms with Crippen molar-refractivity contribution in [3.63, 3.8) is 0 Å². The van der Waals surface area contributed by atoms with Crippen LogP contribution in [0.25, 0.3) is 16.8 Å². The van der Waals surface area contributed by atoms with Crippen LogP contribution in [0.3, 0.4) is 0 Å². The van der Waals surface area contributed by atoms with Crippen molar-refractivity contribution in [2.45, 2.75) is 20.0 Å². The Morgan fingerprint density at radius 2 is 2.03 bits per heavy atom. The van der Waals surface area contributed by atoms with Crippen molar-refractivity contribution in [3.05, 3.63) is 77.2 Å². The second-order valence-electron chi connectivity index (χ2n) is 6.40. The first-order chi connectivity index (χ1) is 14.1. The molecule has 0 aliphatic rings. The number of aromatic nitrogens is 3. The van der Waals surface area contributed by atoms with Gasteiger partial charge in [0.15, 0.2) is 0 Å². The van der Waals surface area contributed by atoms with Crippen LogP contribution in [0, 0.1) is 0 Å². The number of benzene rings is 1. The summed E-state index contributed by atoms with van der Waals surface area (Å²) in [4.78, 5) is 24.9. The molecular formula is C21H20N4O4. The van der Waals surface area contributed by atoms with Crippen molar-refractivity contribution < 1.29 is 13.9 Å². The number of nitrogens with zero attached hydrogens (tertiary/aromatic N) is 3. The zero-order chi connectivity index (χ0) is 20.2. The molecule has 148 valence electrons. The van der Waals surface area contributed by atoms with E-state index in [1.807, 2.05) is 31.2 Å². The first kappa shape index (κ1) is 18.5. The predicted octanol–water partition coefficient (Wildman–Crippen LogP) is 2.47. The summed E-state index contributed by atoms with van der Waals surface area (Å²) in [5, 5.41) is 7.19. The molecule has 29 heavy (non-hydrogen) atoms. The molecule has 3 heterocycles. The fraction of sp³-hybridized carbons (Fsp3) is 0.190. The Balaban J connectivity index is 1.52. The summed E-state index contributed by atoms with van der Waals surface area (Å²) in [6, 6.07) is 12.8. The van der Waals surface area contributed by atoms with E-state index in [0.717, 1.165) is 11.3 Å². The Morgan fingerprint density at radius 3 is 2.76 bits per heavy atom. The first-order valence-corrected chi connectivity index (χ1v) is 9.25. The molecule has 0 saturated carbocycles. The molecule has 4 aromatic rings. The highest BCUT2D eigenvalue weighted by atomic mass is 16.5. The minimum absolute atomic E-state index is 0.0837. The van der Waals surface area contributed by atoms with Crippen LogP contribution in [0.1, 0.15) is 12.7 Å². The van der Waals surface area contributed by atoms with Crippen LogP contribution in [0.15, 0.2) is 70.3 Å². The molecule has 1 amide bonds. The molecular weight excluding hydrogens is 372 g/mol. The van der Waals surface area contributed by atoms with E-state index in [4.69, 9.17) is 9.15 Å². The third-order valence-corrected chi connectivity index (χ3v) is 4.42. The molecule has 0 spiro atoms. The van der Waals surface area contributed by atoms with Gasteiger partial charge in [-0.1, -0.05) is 0 Å². The Morgan fingerprint density at radius 1 is 1.21 bits per heavy atom. The Bertz CT molecular complexity index is 1170. The van der Waals surface area contributed by atoms with Gasteiger partial charge in [0.2, 0.25) is 5.91 Å². The smallest absolute Gasteiger partial charge is 0.277 e. The number of hydrogen-bond acceptors (Lipinski definition) is 5. The average Bonchev–Trinajstić information content (AvgIpc) is 3.39. The van der Waals surface area contributed by atoms with Gasteiger partial charge in [-0.2, -0.15) is 5.10 Å². The first-order valence-electron chi connectivity index (χ1n) is 9.25. The standard InChI is InChI=1S/C21H20N4O4/c1-2-28-16-7-5-15(6-8-16)18-12-19-21(27)24(9-10-25(19)23-18)14-20(26)22-13-17-4-3-11-29-17/h3-12H,2,13-14H2,1H3,(H,22,26). The van der Waals surface area contributed by atoms with Crippen LogP contribution in [-0.2, 0) is 17.9 Å². The van der Waals surface area contributed by atoms with Gasteiger partial charge in [0, 0.05) is 18.0 Å². The Labute approximate surface area is 166 Å². The predicted molar refractivity (Wildman–Crippen MR) is 107 cm³/mol. The van der Waals surface area contributed by atoms with Gasteiger partial charge in [-0.25, -0.2) is 4.52 Å². The maximum atomic E-state index is 12.8. The number of carbonyl (C=O) groups is 1. The molecule has 3 aromatic heterocycles. The molecule has 0 bridgehead atoms. The topological polar surface area (TPSA) is 90.8 Å². The number of rotatable bonds is 7. The van der Waals surface area contributed by atoms with E-state index in [0.29, 0.717) is 23.6 Å². The number of amides is 1. The average molecular weight is 392 g/mol. The third kappa shape index (κ3) is 4.06. The van der Waals surface area contributed by atoms with Gasteiger partial charge in [0.25, 0.3) is 5.56 Å². The lowest BCUT2D eigenvalue weighted by atomic mass is 10.1. The summed E-state index contributed by atoms with van der Waals surface area (Å²) in [6.45, 7) is 2.72. The number of hydrogen-bond donors (Lipinski definition) is 1. The summed E-state index contributed by atoms with van der Waals surface area (Å²) < 4.78 is 13.5. The summed E-state index contributed by atoms with van der Waals surface area (Å²) in [5.41, 5.74) is 1.66. The van der Waals surface area contributed by atoms with E-state index in [1.165, 1.54) is 9.08 Å². The molecule has 0 unspecified atom stereocenters. The van der Waals surface area contributed by atoms with Crippen molar-refractivity contribution in [3.8, 4) is 17.0 Å². The maximum Gasteiger partial charge on any atom is 0.277 e. The molecule has 4 rings (SSSR count). The molecule has 0 atom stereocenters. The summed E-state index contributed by atoms with van der Waals surface area (Å²) in [5.74, 6) is 1.15. The third-order valence-electron chi connectivity index (χ3n) is 4.42. The number of nitrogens with one attached hydrogen (secondary N) is 1. The number of fused-ring (bicyclic) bond motifs is 1. The molecule has 0 saturated heterocycles. The fourth-order valence-electron chi connectivity index (χ4n) is 2.99. The largest absolute Gasteiger partial charge is 0.494 e. The van der Waals surface area contributed by atoms with Gasteiger partial charge in [0.1, 0.15) is 23.6 Å². The van der Waals surface area contributed by atoms with E-state index >= 15 is 0 Å². The SMILES string of the molecule is CCOc1ccc(-c2cc3c(=O)n(CC(=O)NCc4ccco4)ccn3n2)cc1. The highest BCUT2D eigenvalue weighted by Crippen LogP contribution is 2.21. The highest BCUT2D eigenvalue weighted by Gasteiger charge is 2.11. The number of ether oxygens (including phenoxy) is 1. The fourth-order valence-corrected chi connectivity index (χ4v) is 2.99. The van der Waals surface area contributed by atoms with E-state index in [2.05, 4.69) is 10.4 Å². The van der Waals surface area contributed by atoms with Gasteiger partial charge in [0.05, 0.1) is 25.1 Å². The van der Waals surface area contributed by atoms with Crippen LogP contribution in [0.2, 0.25) is 0 Å². The van der Waals surface area contributed by atoms with E-state index in [-0.39, 0.29) is 24.6 Å². The van der Waals surface area contributed by atoms with Crippen LogP contribution in [0.5, 0.6) is 5.75 Å². The second kappa shape index (κ2) is 8.05. The lowest BCUT2D eigenvalue weighted by molar-refractivity contribution is -0.121. The lowest BCUT2D eigenvalue weighted by Gasteiger charge is -2.06. The molecule has 8 heteroatoms. The van der Waals surface area contributed by atoms with Crippen molar-refractivity contribution in [2.24, 2.45) is 0 Å². The molecule has 0 aliphatic carbocycles. The van der Waals surface area contributed by atoms with Gasteiger partial charge < -0.3 is 19.0 Å². The van der Waals surface area contributed by atoms with Crippen LogP contribution >= 0.6 is 0 Å². The molecule has 0 fully saturated rings. The number of furan rings is 1. The van der Waals surface area contributed by atoms with E-state index in [1.54, 1.807) is 36.9 Å². The minimum Gasteiger partial charge on any atom is -0.494 e. The van der Waals surface area contributed by atoms with Crippen LogP contribution in [0.4, 0.5) is 0 Å². The summed E-state index contributed by atoms with van der Waals surface area (Å²) in [6.07, 6.45) is 4.76. The van der Waals surface area contributed by atoms with Crippen LogP contribution < -0.4 is 15.6 Å². The van der Waals surface area contributed by atoms with Gasteiger partial charge in [-0.15, -0.1) is 0 Å². The quantitative estimate of drug-likeness (QED) is 0.522. The monoisotopic (exact) mass is 392 g/mol. The van der Waals surface area contributed by atoms with Crippen molar-refractivity contribution >= 4 is 11.4 Å². The lowest BCUT2D eigenvalue weighted by Crippen LogP contribution is -2.32. The molecule has 0 radical (unpaired) electrons. The van der Waals surface area contributed by atoms with E-state index < -0.39 is 0 Å².